The topological polar surface area (TPSA) is 46.0 Å². The minimum atomic E-state index is -0.744. The number of aliphatic hydroxyl groups excluding tert-OH is 1. The van der Waals surface area contributed by atoms with Crippen LogP contribution in [0.25, 0.3) is 0 Å². The summed E-state index contributed by atoms with van der Waals surface area (Å²) >= 11 is 0. The van der Waals surface area contributed by atoms with E-state index in [2.05, 4.69) is 9.97 Å². The Morgan fingerprint density at radius 3 is 2.53 bits per heavy atom. The van der Waals surface area contributed by atoms with Crippen LogP contribution in [0.3, 0.4) is 0 Å². The lowest BCUT2D eigenvalue weighted by molar-refractivity contribution is 0.210. The van der Waals surface area contributed by atoms with E-state index in [0.717, 1.165) is 5.69 Å². The maximum atomic E-state index is 9.99. The van der Waals surface area contributed by atoms with Gasteiger partial charge in [0.25, 0.3) is 0 Å². The average Bonchev–Trinajstić information content (AvgIpc) is 2.29. The molecular weight excluding hydrogens is 188 g/mol. The Labute approximate surface area is 88.5 Å². The van der Waals surface area contributed by atoms with Crippen molar-refractivity contribution in [2.45, 2.75) is 13.0 Å². The van der Waals surface area contributed by atoms with Crippen LogP contribution in [0.4, 0.5) is 0 Å². The minimum Gasteiger partial charge on any atom is -0.380 e. The summed E-state index contributed by atoms with van der Waals surface area (Å²) in [4.78, 5) is 8.35. The van der Waals surface area contributed by atoms with Crippen LogP contribution in [0.5, 0.6) is 0 Å². The van der Waals surface area contributed by atoms with Crippen LogP contribution >= 0.6 is 0 Å². The van der Waals surface area contributed by atoms with E-state index in [1.165, 1.54) is 0 Å². The summed E-state index contributed by atoms with van der Waals surface area (Å²) in [5, 5.41) is 9.99. The Morgan fingerprint density at radius 2 is 1.87 bits per heavy atom. The third-order valence-corrected chi connectivity index (χ3v) is 2.16. The number of aromatic nitrogens is 2. The SMILES string of the molecule is Cc1cccc(C(O)c2ccccn2)n1. The summed E-state index contributed by atoms with van der Waals surface area (Å²) in [6.45, 7) is 1.90. The Kier molecular flexibility index (Phi) is 2.74. The smallest absolute Gasteiger partial charge is 0.138 e. The van der Waals surface area contributed by atoms with Crippen molar-refractivity contribution in [3.05, 3.63) is 59.7 Å². The molecule has 0 aliphatic carbocycles. The number of aryl methyl sites for hydroxylation is 1. The molecule has 3 nitrogen and oxygen atoms in total. The Bertz CT molecular complexity index is 442. The highest BCUT2D eigenvalue weighted by atomic mass is 16.3. The van der Waals surface area contributed by atoms with Crippen molar-refractivity contribution in [2.24, 2.45) is 0 Å². The molecule has 1 unspecified atom stereocenters. The van der Waals surface area contributed by atoms with E-state index in [1.807, 2.05) is 31.2 Å². The van der Waals surface area contributed by atoms with E-state index in [4.69, 9.17) is 0 Å². The zero-order valence-electron chi connectivity index (χ0n) is 8.46. The quantitative estimate of drug-likeness (QED) is 0.804. The number of hydrogen-bond acceptors (Lipinski definition) is 3. The second-order valence-electron chi connectivity index (χ2n) is 3.36. The van der Waals surface area contributed by atoms with Crippen molar-refractivity contribution in [1.82, 2.24) is 9.97 Å². The summed E-state index contributed by atoms with van der Waals surface area (Å²) in [6.07, 6.45) is 0.917. The Morgan fingerprint density at radius 1 is 1.07 bits per heavy atom. The molecule has 1 N–H and O–H groups in total. The molecule has 0 spiro atoms. The molecule has 0 bridgehead atoms. The predicted molar refractivity (Wildman–Crippen MR) is 57.3 cm³/mol. The van der Waals surface area contributed by atoms with Gasteiger partial charge < -0.3 is 5.11 Å². The van der Waals surface area contributed by atoms with Crippen molar-refractivity contribution in [3.63, 3.8) is 0 Å². The fourth-order valence-corrected chi connectivity index (χ4v) is 1.41. The van der Waals surface area contributed by atoms with Gasteiger partial charge in [0.1, 0.15) is 6.10 Å². The molecule has 0 aliphatic heterocycles. The van der Waals surface area contributed by atoms with Crippen molar-refractivity contribution in [3.8, 4) is 0 Å². The second-order valence-corrected chi connectivity index (χ2v) is 3.36. The second kappa shape index (κ2) is 4.19. The highest BCUT2D eigenvalue weighted by Gasteiger charge is 2.12. The zero-order valence-corrected chi connectivity index (χ0v) is 8.46. The van der Waals surface area contributed by atoms with Gasteiger partial charge in [-0.25, -0.2) is 0 Å². The summed E-state index contributed by atoms with van der Waals surface area (Å²) in [7, 11) is 0. The third-order valence-electron chi connectivity index (χ3n) is 2.16. The van der Waals surface area contributed by atoms with Gasteiger partial charge >= 0.3 is 0 Å². The number of nitrogens with zero attached hydrogens (tertiary/aromatic N) is 2. The van der Waals surface area contributed by atoms with Crippen LogP contribution in [0, 0.1) is 6.92 Å². The first-order chi connectivity index (χ1) is 7.27. The normalized spacial score (nSPS) is 12.4. The molecule has 2 aromatic heterocycles. The molecule has 76 valence electrons. The molecule has 0 fully saturated rings. The number of aliphatic hydroxyl groups is 1. The van der Waals surface area contributed by atoms with Gasteiger partial charge in [0.15, 0.2) is 0 Å². The minimum absolute atomic E-state index is 0.621. The average molecular weight is 200 g/mol. The van der Waals surface area contributed by atoms with E-state index in [-0.39, 0.29) is 0 Å². The van der Waals surface area contributed by atoms with E-state index < -0.39 is 6.10 Å². The van der Waals surface area contributed by atoms with Gasteiger partial charge in [-0.2, -0.15) is 0 Å². The molecule has 0 aromatic carbocycles. The highest BCUT2D eigenvalue weighted by molar-refractivity contribution is 5.20. The molecule has 2 heterocycles. The molecule has 15 heavy (non-hydrogen) atoms. The molecule has 0 radical (unpaired) electrons. The largest absolute Gasteiger partial charge is 0.380 e. The van der Waals surface area contributed by atoms with Gasteiger partial charge in [0, 0.05) is 11.9 Å². The monoisotopic (exact) mass is 200 g/mol. The molecule has 0 saturated heterocycles. The van der Waals surface area contributed by atoms with E-state index in [0.29, 0.717) is 11.4 Å². The highest BCUT2D eigenvalue weighted by Crippen LogP contribution is 2.17. The number of pyridine rings is 2. The number of rotatable bonds is 2. The lowest BCUT2D eigenvalue weighted by Crippen LogP contribution is -2.04. The lowest BCUT2D eigenvalue weighted by atomic mass is 10.1. The molecular formula is C12H12N2O. The molecule has 3 heteroatoms. The van der Waals surface area contributed by atoms with Gasteiger partial charge in [0.05, 0.1) is 11.4 Å². The third kappa shape index (κ3) is 2.19. The van der Waals surface area contributed by atoms with Crippen LogP contribution in [0.15, 0.2) is 42.6 Å². The fourth-order valence-electron chi connectivity index (χ4n) is 1.41. The van der Waals surface area contributed by atoms with Crippen molar-refractivity contribution in [1.29, 1.82) is 0 Å². The van der Waals surface area contributed by atoms with Crippen molar-refractivity contribution >= 4 is 0 Å². The van der Waals surface area contributed by atoms with E-state index >= 15 is 0 Å². The molecule has 2 aromatic rings. The van der Waals surface area contributed by atoms with E-state index in [1.54, 1.807) is 18.3 Å². The Balaban J connectivity index is 2.32. The first kappa shape index (κ1) is 9.80. The van der Waals surface area contributed by atoms with Crippen molar-refractivity contribution in [2.75, 3.05) is 0 Å². The maximum absolute atomic E-state index is 9.99. The molecule has 2 rings (SSSR count). The van der Waals surface area contributed by atoms with Gasteiger partial charge in [-0.05, 0) is 31.2 Å². The summed E-state index contributed by atoms with van der Waals surface area (Å²) in [5.74, 6) is 0. The number of hydrogen-bond donors (Lipinski definition) is 1. The predicted octanol–water partition coefficient (Wildman–Crippen LogP) is 1.87. The van der Waals surface area contributed by atoms with Crippen LogP contribution in [-0.2, 0) is 0 Å². The van der Waals surface area contributed by atoms with E-state index in [9.17, 15) is 5.11 Å². The van der Waals surface area contributed by atoms with Crippen LogP contribution in [0.2, 0.25) is 0 Å². The lowest BCUT2D eigenvalue weighted by Gasteiger charge is -2.09. The van der Waals surface area contributed by atoms with Gasteiger partial charge in [0.2, 0.25) is 0 Å². The standard InChI is InChI=1S/C12H12N2O/c1-9-5-4-7-11(14-9)12(15)10-6-2-3-8-13-10/h2-8,12,15H,1H3. The van der Waals surface area contributed by atoms with Gasteiger partial charge in [-0.3, -0.25) is 9.97 Å². The van der Waals surface area contributed by atoms with Crippen molar-refractivity contribution < 1.29 is 5.11 Å². The first-order valence-electron chi connectivity index (χ1n) is 4.80. The fraction of sp³-hybridized carbons (Fsp3) is 0.167. The summed E-state index contributed by atoms with van der Waals surface area (Å²) in [5.41, 5.74) is 2.15. The van der Waals surface area contributed by atoms with Crippen LogP contribution in [-0.4, -0.2) is 15.1 Å². The molecule has 0 saturated carbocycles. The van der Waals surface area contributed by atoms with Gasteiger partial charge in [-0.1, -0.05) is 12.1 Å². The van der Waals surface area contributed by atoms with Crippen LogP contribution in [0.1, 0.15) is 23.2 Å². The zero-order chi connectivity index (χ0) is 10.7. The summed E-state index contributed by atoms with van der Waals surface area (Å²) < 4.78 is 0. The summed E-state index contributed by atoms with van der Waals surface area (Å²) in [6, 6.07) is 11.0. The first-order valence-corrected chi connectivity index (χ1v) is 4.80. The van der Waals surface area contributed by atoms with Gasteiger partial charge in [-0.15, -0.1) is 0 Å². The van der Waals surface area contributed by atoms with Crippen LogP contribution < -0.4 is 0 Å². The molecule has 0 amide bonds. The molecule has 0 aliphatic rings. The maximum Gasteiger partial charge on any atom is 0.138 e. The Hall–Kier alpha value is -1.74. The molecule has 1 atom stereocenters.